The normalized spacial score (nSPS) is 11.2. The van der Waals surface area contributed by atoms with Crippen LogP contribution in [0.3, 0.4) is 0 Å². The number of hydrogen-bond acceptors (Lipinski definition) is 2. The molecule has 22 heavy (non-hydrogen) atoms. The molecule has 106 valence electrons. The third-order valence-electron chi connectivity index (χ3n) is 3.42. The Morgan fingerprint density at radius 3 is 2.55 bits per heavy atom. The Kier molecular flexibility index (Phi) is 3.89. The second kappa shape index (κ2) is 6.15. The monoisotopic (exact) mass is 285 g/mol. The van der Waals surface area contributed by atoms with Crippen molar-refractivity contribution in [3.8, 4) is 17.4 Å². The smallest absolute Gasteiger partial charge is 0.134 e. The lowest BCUT2D eigenvalue weighted by atomic mass is 10.1. The van der Waals surface area contributed by atoms with Gasteiger partial charge in [-0.1, -0.05) is 54.1 Å². The topological polar surface area (TPSA) is 36.9 Å². The molecular weight excluding hydrogens is 270 g/mol. The maximum absolute atomic E-state index is 9.34. The molecule has 0 bridgehead atoms. The average Bonchev–Trinajstić information content (AvgIpc) is 3.02. The van der Waals surface area contributed by atoms with Crippen molar-refractivity contribution in [2.24, 2.45) is 0 Å². The van der Waals surface area contributed by atoms with Gasteiger partial charge in [0.2, 0.25) is 0 Å². The number of aryl methyl sites for hydroxylation is 1. The summed E-state index contributed by atoms with van der Waals surface area (Å²) < 4.78 is 5.85. The molecule has 0 aliphatic heterocycles. The zero-order valence-electron chi connectivity index (χ0n) is 12.3. The van der Waals surface area contributed by atoms with E-state index < -0.39 is 0 Å². The number of rotatable bonds is 3. The van der Waals surface area contributed by atoms with Gasteiger partial charge in [-0.05, 0) is 36.8 Å². The van der Waals surface area contributed by atoms with Crippen LogP contribution in [-0.2, 0) is 0 Å². The lowest BCUT2D eigenvalue weighted by molar-refractivity contribution is 0.572. The SMILES string of the molecule is Cc1cccc(-c2ccc(C=C(C#N)c3ccccc3)o2)c1. The number of nitriles is 1. The molecule has 1 aromatic heterocycles. The molecule has 0 N–H and O–H groups in total. The zero-order valence-corrected chi connectivity index (χ0v) is 12.3. The highest BCUT2D eigenvalue weighted by molar-refractivity contribution is 5.88. The van der Waals surface area contributed by atoms with Gasteiger partial charge in [0.15, 0.2) is 0 Å². The molecule has 0 amide bonds. The predicted molar refractivity (Wildman–Crippen MR) is 88.8 cm³/mol. The van der Waals surface area contributed by atoms with Crippen molar-refractivity contribution in [3.05, 3.63) is 83.6 Å². The Morgan fingerprint density at radius 2 is 1.82 bits per heavy atom. The van der Waals surface area contributed by atoms with Gasteiger partial charge in [0, 0.05) is 5.56 Å². The van der Waals surface area contributed by atoms with E-state index in [9.17, 15) is 5.26 Å². The number of benzene rings is 2. The van der Waals surface area contributed by atoms with Gasteiger partial charge in [0.1, 0.15) is 11.5 Å². The highest BCUT2D eigenvalue weighted by Crippen LogP contribution is 2.25. The molecule has 1 heterocycles. The van der Waals surface area contributed by atoms with Crippen LogP contribution in [-0.4, -0.2) is 0 Å². The first-order chi connectivity index (χ1) is 10.8. The van der Waals surface area contributed by atoms with Gasteiger partial charge in [-0.15, -0.1) is 0 Å². The van der Waals surface area contributed by atoms with Gasteiger partial charge in [-0.2, -0.15) is 5.26 Å². The molecule has 2 aromatic carbocycles. The van der Waals surface area contributed by atoms with Crippen LogP contribution in [0.1, 0.15) is 16.9 Å². The molecule has 0 aliphatic carbocycles. The minimum absolute atomic E-state index is 0.589. The molecule has 0 unspecified atom stereocenters. The Balaban J connectivity index is 1.94. The fourth-order valence-corrected chi connectivity index (χ4v) is 2.32. The van der Waals surface area contributed by atoms with Gasteiger partial charge < -0.3 is 4.42 Å². The van der Waals surface area contributed by atoms with Crippen LogP contribution in [0.25, 0.3) is 23.0 Å². The summed E-state index contributed by atoms with van der Waals surface area (Å²) in [6, 6.07) is 23.8. The minimum atomic E-state index is 0.589. The van der Waals surface area contributed by atoms with E-state index in [2.05, 4.69) is 25.1 Å². The summed E-state index contributed by atoms with van der Waals surface area (Å²) in [5, 5.41) is 9.34. The average molecular weight is 285 g/mol. The van der Waals surface area contributed by atoms with Crippen molar-refractivity contribution < 1.29 is 4.42 Å². The third-order valence-corrected chi connectivity index (χ3v) is 3.42. The van der Waals surface area contributed by atoms with Crippen molar-refractivity contribution in [3.63, 3.8) is 0 Å². The fourth-order valence-electron chi connectivity index (χ4n) is 2.32. The highest BCUT2D eigenvalue weighted by Gasteiger charge is 2.06. The van der Waals surface area contributed by atoms with Crippen LogP contribution in [0.2, 0.25) is 0 Å². The first-order valence-electron chi connectivity index (χ1n) is 7.10. The van der Waals surface area contributed by atoms with Crippen molar-refractivity contribution in [2.75, 3.05) is 0 Å². The molecule has 0 saturated carbocycles. The highest BCUT2D eigenvalue weighted by atomic mass is 16.3. The van der Waals surface area contributed by atoms with Crippen molar-refractivity contribution in [1.29, 1.82) is 5.26 Å². The second-order valence-electron chi connectivity index (χ2n) is 5.11. The summed E-state index contributed by atoms with van der Waals surface area (Å²) in [5.41, 5.74) is 3.70. The van der Waals surface area contributed by atoms with Crippen LogP contribution in [0.15, 0.2) is 71.1 Å². The number of allylic oxidation sites excluding steroid dienone is 1. The van der Waals surface area contributed by atoms with E-state index in [1.807, 2.05) is 54.6 Å². The summed E-state index contributed by atoms with van der Waals surface area (Å²) in [4.78, 5) is 0. The summed E-state index contributed by atoms with van der Waals surface area (Å²) in [5.74, 6) is 1.48. The van der Waals surface area contributed by atoms with Crippen LogP contribution in [0, 0.1) is 18.3 Å². The molecule has 0 fully saturated rings. The van der Waals surface area contributed by atoms with Gasteiger partial charge in [-0.3, -0.25) is 0 Å². The molecule has 0 spiro atoms. The molecular formula is C20H15NO. The van der Waals surface area contributed by atoms with E-state index in [0.717, 1.165) is 16.9 Å². The van der Waals surface area contributed by atoms with Crippen molar-refractivity contribution in [2.45, 2.75) is 6.92 Å². The number of furan rings is 1. The Bertz CT molecular complexity index is 851. The molecule has 0 aliphatic rings. The maximum Gasteiger partial charge on any atom is 0.134 e. The summed E-state index contributed by atoms with van der Waals surface area (Å²) in [6.07, 6.45) is 1.77. The van der Waals surface area contributed by atoms with E-state index in [1.165, 1.54) is 5.56 Å². The molecule has 0 atom stereocenters. The molecule has 2 nitrogen and oxygen atoms in total. The van der Waals surface area contributed by atoms with E-state index in [4.69, 9.17) is 4.42 Å². The van der Waals surface area contributed by atoms with Gasteiger partial charge in [0.05, 0.1) is 11.6 Å². The first kappa shape index (κ1) is 13.9. The molecule has 2 heteroatoms. The van der Waals surface area contributed by atoms with E-state index in [0.29, 0.717) is 11.3 Å². The number of nitrogens with zero attached hydrogens (tertiary/aromatic N) is 1. The van der Waals surface area contributed by atoms with Gasteiger partial charge >= 0.3 is 0 Å². The van der Waals surface area contributed by atoms with Gasteiger partial charge in [-0.25, -0.2) is 0 Å². The van der Waals surface area contributed by atoms with E-state index in [-0.39, 0.29) is 0 Å². The maximum atomic E-state index is 9.34. The molecule has 3 aromatic rings. The lowest BCUT2D eigenvalue weighted by Gasteiger charge is -1.99. The van der Waals surface area contributed by atoms with E-state index in [1.54, 1.807) is 6.08 Å². The minimum Gasteiger partial charge on any atom is -0.457 e. The predicted octanol–water partition coefficient (Wildman–Crippen LogP) is 5.32. The van der Waals surface area contributed by atoms with Crippen LogP contribution >= 0.6 is 0 Å². The third kappa shape index (κ3) is 2.99. The Morgan fingerprint density at radius 1 is 1.00 bits per heavy atom. The van der Waals surface area contributed by atoms with Crippen LogP contribution < -0.4 is 0 Å². The number of hydrogen-bond donors (Lipinski definition) is 0. The molecule has 0 saturated heterocycles. The standard InChI is InChI=1S/C20H15NO/c1-15-6-5-9-17(12-15)20-11-10-19(22-20)13-18(14-21)16-7-3-2-4-8-16/h2-13H,1H3. The largest absolute Gasteiger partial charge is 0.457 e. The van der Waals surface area contributed by atoms with Crippen LogP contribution in [0.4, 0.5) is 0 Å². The fraction of sp³-hybridized carbons (Fsp3) is 0.0500. The lowest BCUT2D eigenvalue weighted by Crippen LogP contribution is -1.79. The second-order valence-corrected chi connectivity index (χ2v) is 5.11. The summed E-state index contributed by atoms with van der Waals surface area (Å²) in [7, 11) is 0. The molecule has 3 rings (SSSR count). The van der Waals surface area contributed by atoms with Crippen molar-refractivity contribution in [1.82, 2.24) is 0 Å². The van der Waals surface area contributed by atoms with Gasteiger partial charge in [0.25, 0.3) is 0 Å². The van der Waals surface area contributed by atoms with E-state index >= 15 is 0 Å². The quantitative estimate of drug-likeness (QED) is 0.611. The molecule has 0 radical (unpaired) electrons. The first-order valence-corrected chi connectivity index (χ1v) is 7.10. The van der Waals surface area contributed by atoms with Crippen LogP contribution in [0.5, 0.6) is 0 Å². The van der Waals surface area contributed by atoms with Crippen molar-refractivity contribution >= 4 is 11.6 Å². The Hall–Kier alpha value is -3.05. The summed E-state index contributed by atoms with van der Waals surface area (Å²) in [6.45, 7) is 2.05. The summed E-state index contributed by atoms with van der Waals surface area (Å²) >= 11 is 0. The Labute approximate surface area is 130 Å². The zero-order chi connectivity index (χ0) is 15.4.